The number of carboxylic acids is 1. The number of likely N-dealkylation sites (N-methyl/N-ethyl adjacent to an activating group) is 2. The summed E-state index contributed by atoms with van der Waals surface area (Å²) in [5, 5.41) is 13.1. The molecule has 0 radical (unpaired) electrons. The Morgan fingerprint density at radius 1 is 1.56 bits per heavy atom. The molecular formula is C10H14N2O3S. The van der Waals surface area contributed by atoms with Gasteiger partial charge in [0.05, 0.1) is 6.54 Å². The van der Waals surface area contributed by atoms with E-state index in [0.717, 1.165) is 17.0 Å². The lowest BCUT2D eigenvalue weighted by molar-refractivity contribution is -0.119. The van der Waals surface area contributed by atoms with Gasteiger partial charge in [-0.3, -0.25) is 4.79 Å². The Kier molecular flexibility index (Phi) is 4.30. The van der Waals surface area contributed by atoms with Gasteiger partial charge in [0, 0.05) is 24.7 Å². The molecule has 1 heterocycles. The van der Waals surface area contributed by atoms with Crippen LogP contribution in [0.15, 0.2) is 11.4 Å². The first-order valence-corrected chi connectivity index (χ1v) is 5.73. The van der Waals surface area contributed by atoms with Crippen molar-refractivity contribution in [2.24, 2.45) is 0 Å². The van der Waals surface area contributed by atoms with Crippen molar-refractivity contribution in [1.82, 2.24) is 5.32 Å². The Hall–Kier alpha value is -1.56. The standard InChI is InChI=1S/C10H14N2O3S/c1-3-12(5-9(13)11-2)7-4-8(10(14)15)16-6-7/h4,6H,3,5H2,1-2H3,(H,11,13)(H,14,15). The van der Waals surface area contributed by atoms with Crippen LogP contribution < -0.4 is 10.2 Å². The van der Waals surface area contributed by atoms with Gasteiger partial charge in [0.2, 0.25) is 5.91 Å². The number of anilines is 1. The molecule has 1 aromatic rings. The minimum absolute atomic E-state index is 0.0927. The summed E-state index contributed by atoms with van der Waals surface area (Å²) < 4.78 is 0. The molecule has 0 aliphatic carbocycles. The fourth-order valence-electron chi connectivity index (χ4n) is 1.24. The Morgan fingerprint density at radius 3 is 2.69 bits per heavy atom. The number of aromatic carboxylic acids is 1. The van der Waals surface area contributed by atoms with E-state index in [0.29, 0.717) is 6.54 Å². The molecule has 88 valence electrons. The third-order valence-electron chi connectivity index (χ3n) is 2.16. The third kappa shape index (κ3) is 2.96. The van der Waals surface area contributed by atoms with E-state index in [4.69, 9.17) is 5.11 Å². The third-order valence-corrected chi connectivity index (χ3v) is 3.06. The average Bonchev–Trinajstić information content (AvgIpc) is 2.74. The van der Waals surface area contributed by atoms with Crippen molar-refractivity contribution in [3.8, 4) is 0 Å². The molecule has 0 atom stereocenters. The molecule has 0 bridgehead atoms. The normalized spacial score (nSPS) is 9.88. The summed E-state index contributed by atoms with van der Waals surface area (Å²) >= 11 is 1.16. The van der Waals surface area contributed by atoms with Gasteiger partial charge in [0.1, 0.15) is 4.88 Å². The highest BCUT2D eigenvalue weighted by Crippen LogP contribution is 2.22. The topological polar surface area (TPSA) is 69.6 Å². The van der Waals surface area contributed by atoms with E-state index in [1.165, 1.54) is 0 Å². The molecule has 0 fully saturated rings. The van der Waals surface area contributed by atoms with Gasteiger partial charge in [-0.15, -0.1) is 11.3 Å². The predicted octanol–water partition coefficient (Wildman–Crippen LogP) is 1.02. The highest BCUT2D eigenvalue weighted by atomic mass is 32.1. The lowest BCUT2D eigenvalue weighted by Gasteiger charge is -2.20. The lowest BCUT2D eigenvalue weighted by atomic mass is 10.3. The monoisotopic (exact) mass is 242 g/mol. The fourth-order valence-corrected chi connectivity index (χ4v) is 2.00. The molecule has 0 saturated heterocycles. The zero-order valence-corrected chi connectivity index (χ0v) is 10.0. The number of nitrogens with one attached hydrogen (secondary N) is 1. The minimum Gasteiger partial charge on any atom is -0.477 e. The van der Waals surface area contributed by atoms with Crippen LogP contribution in [-0.4, -0.2) is 37.1 Å². The number of carbonyl (C=O) groups excluding carboxylic acids is 1. The molecule has 0 aliphatic heterocycles. The molecule has 6 heteroatoms. The first kappa shape index (κ1) is 12.5. The first-order valence-electron chi connectivity index (χ1n) is 4.85. The van der Waals surface area contributed by atoms with E-state index < -0.39 is 5.97 Å². The second-order valence-electron chi connectivity index (χ2n) is 3.16. The maximum atomic E-state index is 11.2. The van der Waals surface area contributed by atoms with E-state index in [1.54, 1.807) is 18.5 Å². The molecule has 1 amide bonds. The second-order valence-corrected chi connectivity index (χ2v) is 4.07. The van der Waals surface area contributed by atoms with E-state index >= 15 is 0 Å². The number of thiophene rings is 1. The Morgan fingerprint density at radius 2 is 2.25 bits per heavy atom. The van der Waals surface area contributed by atoms with Crippen LogP contribution >= 0.6 is 11.3 Å². The molecule has 0 saturated carbocycles. The van der Waals surface area contributed by atoms with Crippen LogP contribution in [0.3, 0.4) is 0 Å². The van der Waals surface area contributed by atoms with Crippen molar-refractivity contribution in [3.63, 3.8) is 0 Å². The van der Waals surface area contributed by atoms with Crippen LogP contribution in [0.5, 0.6) is 0 Å². The number of rotatable bonds is 5. The van der Waals surface area contributed by atoms with Gasteiger partial charge in [-0.2, -0.15) is 0 Å². The van der Waals surface area contributed by atoms with Crippen LogP contribution in [0.1, 0.15) is 16.6 Å². The Bertz CT molecular complexity index is 389. The molecule has 0 aliphatic rings. The van der Waals surface area contributed by atoms with Gasteiger partial charge in [-0.1, -0.05) is 0 Å². The highest BCUT2D eigenvalue weighted by molar-refractivity contribution is 7.12. The maximum absolute atomic E-state index is 11.2. The van der Waals surface area contributed by atoms with E-state index in [9.17, 15) is 9.59 Å². The molecule has 1 aromatic heterocycles. The van der Waals surface area contributed by atoms with Crippen molar-refractivity contribution in [1.29, 1.82) is 0 Å². The summed E-state index contributed by atoms with van der Waals surface area (Å²) in [5.41, 5.74) is 0.772. The van der Waals surface area contributed by atoms with Crippen LogP contribution in [0.25, 0.3) is 0 Å². The highest BCUT2D eigenvalue weighted by Gasteiger charge is 2.13. The molecule has 0 spiro atoms. The molecule has 0 aromatic carbocycles. The SMILES string of the molecule is CCN(CC(=O)NC)c1csc(C(=O)O)c1. The summed E-state index contributed by atoms with van der Waals surface area (Å²) in [6.45, 7) is 2.81. The summed E-state index contributed by atoms with van der Waals surface area (Å²) in [7, 11) is 1.58. The molecule has 16 heavy (non-hydrogen) atoms. The summed E-state index contributed by atoms with van der Waals surface area (Å²) in [4.78, 5) is 24.0. The van der Waals surface area contributed by atoms with Gasteiger partial charge < -0.3 is 15.3 Å². The first-order chi connectivity index (χ1) is 7.58. The van der Waals surface area contributed by atoms with Crippen molar-refractivity contribution >= 4 is 28.9 Å². The Balaban J connectivity index is 2.78. The van der Waals surface area contributed by atoms with E-state index in [2.05, 4.69) is 5.32 Å². The van der Waals surface area contributed by atoms with Crippen molar-refractivity contribution in [3.05, 3.63) is 16.3 Å². The zero-order valence-electron chi connectivity index (χ0n) is 9.19. The van der Waals surface area contributed by atoms with E-state index in [1.807, 2.05) is 11.8 Å². The molecule has 1 rings (SSSR count). The van der Waals surface area contributed by atoms with Crippen LogP contribution in [0.2, 0.25) is 0 Å². The van der Waals surface area contributed by atoms with Crippen LogP contribution in [0.4, 0.5) is 5.69 Å². The maximum Gasteiger partial charge on any atom is 0.345 e. The van der Waals surface area contributed by atoms with Crippen LogP contribution in [0, 0.1) is 0 Å². The van der Waals surface area contributed by atoms with E-state index in [-0.39, 0.29) is 17.3 Å². The molecule has 2 N–H and O–H groups in total. The number of carboxylic acid groups (broad SMARTS) is 1. The summed E-state index contributed by atoms with van der Waals surface area (Å²) in [5.74, 6) is -1.03. The number of hydrogen-bond acceptors (Lipinski definition) is 4. The molecule has 5 nitrogen and oxygen atoms in total. The van der Waals surface area contributed by atoms with Gasteiger partial charge in [0.25, 0.3) is 0 Å². The second kappa shape index (κ2) is 5.50. The van der Waals surface area contributed by atoms with Crippen LogP contribution in [-0.2, 0) is 4.79 Å². The fraction of sp³-hybridized carbons (Fsp3) is 0.400. The number of hydrogen-bond donors (Lipinski definition) is 2. The van der Waals surface area contributed by atoms with Crippen molar-refractivity contribution < 1.29 is 14.7 Å². The predicted molar refractivity (Wildman–Crippen MR) is 63.2 cm³/mol. The van der Waals surface area contributed by atoms with Gasteiger partial charge in [0.15, 0.2) is 0 Å². The minimum atomic E-state index is -0.938. The summed E-state index contributed by atoms with van der Waals surface area (Å²) in [6.07, 6.45) is 0. The smallest absolute Gasteiger partial charge is 0.345 e. The van der Waals surface area contributed by atoms with Gasteiger partial charge in [-0.25, -0.2) is 4.79 Å². The summed E-state index contributed by atoms with van der Waals surface area (Å²) in [6, 6.07) is 1.58. The molecule has 0 unspecified atom stereocenters. The molecular weight excluding hydrogens is 228 g/mol. The van der Waals surface area contributed by atoms with Gasteiger partial charge in [-0.05, 0) is 13.0 Å². The average molecular weight is 242 g/mol. The number of amides is 1. The quantitative estimate of drug-likeness (QED) is 0.808. The van der Waals surface area contributed by atoms with Crippen molar-refractivity contribution in [2.75, 3.05) is 25.0 Å². The largest absolute Gasteiger partial charge is 0.477 e. The van der Waals surface area contributed by atoms with Crippen molar-refractivity contribution in [2.45, 2.75) is 6.92 Å². The lowest BCUT2D eigenvalue weighted by Crippen LogP contribution is -2.35. The van der Waals surface area contributed by atoms with Gasteiger partial charge >= 0.3 is 5.97 Å². The zero-order chi connectivity index (χ0) is 12.1. The Labute approximate surface area is 97.7 Å². The number of nitrogens with zero attached hydrogens (tertiary/aromatic N) is 1. The number of carbonyl (C=O) groups is 2.